The van der Waals surface area contributed by atoms with Gasteiger partial charge in [-0.25, -0.2) is 0 Å². The van der Waals surface area contributed by atoms with Gasteiger partial charge in [-0.15, -0.1) is 0 Å². The Bertz CT molecular complexity index is 806. The number of nitrogens with zero attached hydrogens (tertiary/aromatic N) is 3. The molecule has 29 heavy (non-hydrogen) atoms. The summed E-state index contributed by atoms with van der Waals surface area (Å²) in [5.74, 6) is 0.327. The number of rotatable bonds is 4. The van der Waals surface area contributed by atoms with E-state index < -0.39 is 0 Å². The summed E-state index contributed by atoms with van der Waals surface area (Å²) in [7, 11) is 0. The van der Waals surface area contributed by atoms with Crippen LogP contribution in [0.4, 0.5) is 0 Å². The highest BCUT2D eigenvalue weighted by atomic mass is 16.3. The molecule has 6 heteroatoms. The number of hydrogen-bond acceptors (Lipinski definition) is 4. The van der Waals surface area contributed by atoms with Gasteiger partial charge in [-0.2, -0.15) is 0 Å². The summed E-state index contributed by atoms with van der Waals surface area (Å²) in [6.07, 6.45) is 4.21. The molecule has 4 rings (SSSR count). The highest BCUT2D eigenvalue weighted by Gasteiger charge is 2.32. The second kappa shape index (κ2) is 9.27. The van der Waals surface area contributed by atoms with E-state index in [2.05, 4.69) is 29.2 Å². The fourth-order valence-corrected chi connectivity index (χ4v) is 4.37. The van der Waals surface area contributed by atoms with Crippen LogP contribution >= 0.6 is 0 Å². The van der Waals surface area contributed by atoms with Crippen molar-refractivity contribution in [3.8, 4) is 0 Å². The summed E-state index contributed by atoms with van der Waals surface area (Å²) in [6.45, 7) is 5.56. The van der Waals surface area contributed by atoms with E-state index >= 15 is 0 Å². The average Bonchev–Trinajstić information content (AvgIpc) is 3.21. The molecule has 1 aromatic heterocycles. The zero-order chi connectivity index (χ0) is 20.1. The van der Waals surface area contributed by atoms with E-state index in [0.29, 0.717) is 18.8 Å². The predicted molar refractivity (Wildman–Crippen MR) is 110 cm³/mol. The maximum atomic E-state index is 13.2. The Morgan fingerprint density at radius 3 is 2.52 bits per heavy atom. The molecule has 2 aliphatic heterocycles. The molecule has 1 unspecified atom stereocenters. The number of carbonyl (C=O) groups is 2. The fourth-order valence-electron chi connectivity index (χ4n) is 4.37. The number of hydrogen-bond donors (Lipinski definition) is 0. The van der Waals surface area contributed by atoms with E-state index in [4.69, 9.17) is 4.42 Å². The summed E-state index contributed by atoms with van der Waals surface area (Å²) < 4.78 is 5.25. The molecule has 0 radical (unpaired) electrons. The first-order valence-corrected chi connectivity index (χ1v) is 10.6. The van der Waals surface area contributed by atoms with Crippen molar-refractivity contribution >= 4 is 11.8 Å². The van der Waals surface area contributed by atoms with Crippen molar-refractivity contribution in [2.75, 3.05) is 39.3 Å². The molecule has 0 bridgehead atoms. The maximum Gasteiger partial charge on any atom is 0.289 e. The van der Waals surface area contributed by atoms with Crippen LogP contribution in [0.15, 0.2) is 53.1 Å². The molecule has 0 N–H and O–H groups in total. The van der Waals surface area contributed by atoms with Crippen LogP contribution in [0.2, 0.25) is 0 Å². The van der Waals surface area contributed by atoms with Crippen LogP contribution in [-0.2, 0) is 11.3 Å². The molecule has 2 saturated heterocycles. The van der Waals surface area contributed by atoms with Gasteiger partial charge in [0.05, 0.1) is 12.2 Å². The molecule has 2 aromatic rings. The molecule has 6 nitrogen and oxygen atoms in total. The van der Waals surface area contributed by atoms with Crippen molar-refractivity contribution in [2.24, 2.45) is 5.92 Å². The molecule has 0 saturated carbocycles. The standard InChI is InChI=1S/C23H29N3O3/c27-22(20-9-4-12-26(18-20)23(28)21-10-5-16-29-21)25-13-6-11-24(14-15-25)17-19-7-2-1-3-8-19/h1-3,5,7-8,10,16,20H,4,6,9,11-15,17-18H2. The van der Waals surface area contributed by atoms with Crippen LogP contribution in [-0.4, -0.2) is 65.8 Å². The van der Waals surface area contributed by atoms with E-state index in [1.807, 2.05) is 11.0 Å². The number of likely N-dealkylation sites (tertiary alicyclic amines) is 1. The van der Waals surface area contributed by atoms with Crippen LogP contribution in [0, 0.1) is 5.92 Å². The smallest absolute Gasteiger partial charge is 0.289 e. The van der Waals surface area contributed by atoms with Gasteiger partial charge in [0.25, 0.3) is 5.91 Å². The maximum absolute atomic E-state index is 13.2. The van der Waals surface area contributed by atoms with Crippen LogP contribution in [0.25, 0.3) is 0 Å². The molecule has 1 atom stereocenters. The summed E-state index contributed by atoms with van der Waals surface area (Å²) in [5, 5.41) is 0. The summed E-state index contributed by atoms with van der Waals surface area (Å²) in [6, 6.07) is 13.9. The van der Waals surface area contributed by atoms with Gasteiger partial charge in [0.15, 0.2) is 5.76 Å². The van der Waals surface area contributed by atoms with E-state index in [1.165, 1.54) is 11.8 Å². The topological polar surface area (TPSA) is 57.0 Å². The van der Waals surface area contributed by atoms with Gasteiger partial charge in [-0.1, -0.05) is 30.3 Å². The summed E-state index contributed by atoms with van der Waals surface area (Å²) in [5.41, 5.74) is 1.31. The van der Waals surface area contributed by atoms with Gasteiger partial charge in [-0.05, 0) is 37.0 Å². The van der Waals surface area contributed by atoms with Crippen molar-refractivity contribution in [3.05, 3.63) is 60.1 Å². The number of carbonyl (C=O) groups excluding carboxylic acids is 2. The van der Waals surface area contributed by atoms with Gasteiger partial charge < -0.3 is 14.2 Å². The van der Waals surface area contributed by atoms with Gasteiger partial charge in [0.2, 0.25) is 5.91 Å². The number of benzene rings is 1. The second-order valence-electron chi connectivity index (χ2n) is 8.01. The molecular weight excluding hydrogens is 366 g/mol. The van der Waals surface area contributed by atoms with Gasteiger partial charge >= 0.3 is 0 Å². The van der Waals surface area contributed by atoms with Crippen molar-refractivity contribution in [1.82, 2.24) is 14.7 Å². The minimum atomic E-state index is -0.114. The largest absolute Gasteiger partial charge is 0.459 e. The van der Waals surface area contributed by atoms with Crippen LogP contribution in [0.3, 0.4) is 0 Å². The molecule has 1 aromatic carbocycles. The molecule has 2 fully saturated rings. The quantitative estimate of drug-likeness (QED) is 0.799. The lowest BCUT2D eigenvalue weighted by Gasteiger charge is -2.34. The molecule has 2 amide bonds. The van der Waals surface area contributed by atoms with E-state index in [9.17, 15) is 9.59 Å². The van der Waals surface area contributed by atoms with E-state index in [1.54, 1.807) is 17.0 Å². The third-order valence-electron chi connectivity index (χ3n) is 5.94. The predicted octanol–water partition coefficient (Wildman–Crippen LogP) is 2.87. The molecule has 3 heterocycles. The summed E-state index contributed by atoms with van der Waals surface area (Å²) in [4.78, 5) is 32.0. The van der Waals surface area contributed by atoms with Gasteiger partial charge in [-0.3, -0.25) is 14.5 Å². The monoisotopic (exact) mass is 395 g/mol. The minimum absolute atomic E-state index is 0.108. The van der Waals surface area contributed by atoms with Crippen molar-refractivity contribution in [2.45, 2.75) is 25.8 Å². The Kier molecular flexibility index (Phi) is 6.30. The highest BCUT2D eigenvalue weighted by Crippen LogP contribution is 2.22. The number of furan rings is 1. The Hall–Kier alpha value is -2.60. The van der Waals surface area contributed by atoms with Gasteiger partial charge in [0, 0.05) is 45.8 Å². The Labute approximate surface area is 172 Å². The zero-order valence-corrected chi connectivity index (χ0v) is 16.8. The Balaban J connectivity index is 1.32. The minimum Gasteiger partial charge on any atom is -0.459 e. The average molecular weight is 396 g/mol. The molecule has 0 aliphatic carbocycles. The molecule has 154 valence electrons. The number of piperidine rings is 1. The van der Waals surface area contributed by atoms with E-state index in [0.717, 1.165) is 52.0 Å². The second-order valence-corrected chi connectivity index (χ2v) is 8.01. The zero-order valence-electron chi connectivity index (χ0n) is 16.8. The first kappa shape index (κ1) is 19.7. The normalized spacial score (nSPS) is 21.0. The number of amides is 2. The van der Waals surface area contributed by atoms with Crippen LogP contribution < -0.4 is 0 Å². The Morgan fingerprint density at radius 2 is 1.72 bits per heavy atom. The van der Waals surface area contributed by atoms with Crippen molar-refractivity contribution in [3.63, 3.8) is 0 Å². The lowest BCUT2D eigenvalue weighted by atomic mass is 9.96. The lowest BCUT2D eigenvalue weighted by molar-refractivity contribution is -0.136. The first-order valence-electron chi connectivity index (χ1n) is 10.6. The van der Waals surface area contributed by atoms with Crippen LogP contribution in [0.1, 0.15) is 35.4 Å². The van der Waals surface area contributed by atoms with Crippen LogP contribution in [0.5, 0.6) is 0 Å². The third-order valence-corrected chi connectivity index (χ3v) is 5.94. The van der Waals surface area contributed by atoms with Gasteiger partial charge in [0.1, 0.15) is 0 Å². The molecule has 2 aliphatic rings. The fraction of sp³-hybridized carbons (Fsp3) is 0.478. The Morgan fingerprint density at radius 1 is 0.897 bits per heavy atom. The van der Waals surface area contributed by atoms with E-state index in [-0.39, 0.29) is 17.7 Å². The lowest BCUT2D eigenvalue weighted by Crippen LogP contribution is -2.47. The molecular formula is C23H29N3O3. The first-order chi connectivity index (χ1) is 14.2. The SMILES string of the molecule is O=C(c1ccco1)N1CCCC(C(=O)N2CCCN(Cc3ccccc3)CC2)C1. The summed E-state index contributed by atoms with van der Waals surface area (Å²) >= 11 is 0. The van der Waals surface area contributed by atoms with Crippen molar-refractivity contribution in [1.29, 1.82) is 0 Å². The third kappa shape index (κ3) is 4.88. The molecule has 0 spiro atoms. The van der Waals surface area contributed by atoms with Crippen molar-refractivity contribution < 1.29 is 14.0 Å². The highest BCUT2D eigenvalue weighted by molar-refractivity contribution is 5.92.